The molecule has 1 aromatic carbocycles. The molecule has 1 heterocycles. The number of halogens is 1. The summed E-state index contributed by atoms with van der Waals surface area (Å²) in [7, 11) is 0.806. The van der Waals surface area contributed by atoms with Gasteiger partial charge in [-0.05, 0) is 31.7 Å². The number of carbonyl (C=O) groups excluding carboxylic acids is 1. The van der Waals surface area contributed by atoms with Gasteiger partial charge in [0, 0.05) is 6.54 Å². The molecule has 12 heteroatoms. The van der Waals surface area contributed by atoms with Crippen LogP contribution in [0.4, 0.5) is 11.6 Å². The van der Waals surface area contributed by atoms with Crippen LogP contribution in [0.1, 0.15) is 40.9 Å². The largest absolute Gasteiger partial charge is 0.382 e. The topological polar surface area (TPSA) is 153 Å². The minimum atomic E-state index is -3.34. The lowest BCUT2D eigenvalue weighted by Gasteiger charge is -2.30. The summed E-state index contributed by atoms with van der Waals surface area (Å²) in [5.74, 6) is -0.553. The predicted molar refractivity (Wildman–Crippen MR) is 136 cm³/mol. The van der Waals surface area contributed by atoms with E-state index in [0.29, 0.717) is 24.1 Å². The van der Waals surface area contributed by atoms with Gasteiger partial charge in [-0.3, -0.25) is 4.79 Å². The zero-order chi connectivity index (χ0) is 25.4. The molecule has 6 N–H and O–H groups in total. The monoisotopic (exact) mass is 512 g/mol. The Kier molecular flexibility index (Phi) is 10.0. The molecule has 34 heavy (non-hydrogen) atoms. The number of rotatable bonds is 13. The van der Waals surface area contributed by atoms with Crippen LogP contribution in [0.5, 0.6) is 0 Å². The normalized spacial score (nSPS) is 12.0. The molecule has 0 unspecified atom stereocenters. The molecule has 0 radical (unpaired) electrons. The van der Waals surface area contributed by atoms with Crippen molar-refractivity contribution in [3.05, 3.63) is 46.2 Å². The number of carbonyl (C=O) groups is 1. The third-order valence-corrected chi connectivity index (χ3v) is 7.00. The number of amides is 1. The smallest absolute Gasteiger partial charge is 0.273 e. The van der Waals surface area contributed by atoms with Gasteiger partial charge in [-0.25, -0.2) is 23.1 Å². The van der Waals surface area contributed by atoms with Crippen LogP contribution in [0.3, 0.4) is 0 Å². The van der Waals surface area contributed by atoms with E-state index in [1.807, 2.05) is 31.2 Å². The van der Waals surface area contributed by atoms with E-state index in [0.717, 1.165) is 36.9 Å². The maximum Gasteiger partial charge on any atom is 0.273 e. The van der Waals surface area contributed by atoms with E-state index >= 15 is 0 Å². The Labute approximate surface area is 206 Å². The highest BCUT2D eigenvalue weighted by Crippen LogP contribution is 2.17. The first-order valence-corrected chi connectivity index (χ1v) is 13.1. The Morgan fingerprint density at radius 1 is 1.00 bits per heavy atom. The number of nitrogen functional groups attached to an aromatic ring is 2. The third kappa shape index (κ3) is 9.41. The highest BCUT2D eigenvalue weighted by Gasteiger charge is 2.19. The summed E-state index contributed by atoms with van der Waals surface area (Å²) >= 11 is 5.82. The van der Waals surface area contributed by atoms with Crippen LogP contribution in [0.2, 0.25) is 5.15 Å². The van der Waals surface area contributed by atoms with Gasteiger partial charge in [0.15, 0.2) is 22.5 Å². The molecule has 188 valence electrons. The first-order valence-electron chi connectivity index (χ1n) is 11.1. The van der Waals surface area contributed by atoms with Gasteiger partial charge in [-0.2, -0.15) is 0 Å². The molecule has 0 aliphatic rings. The van der Waals surface area contributed by atoms with Gasteiger partial charge in [-0.15, -0.1) is 0 Å². The van der Waals surface area contributed by atoms with Gasteiger partial charge in [0.2, 0.25) is 10.0 Å². The Morgan fingerprint density at radius 3 is 2.35 bits per heavy atom. The summed E-state index contributed by atoms with van der Waals surface area (Å²) in [4.78, 5) is 20.0. The molecule has 0 aliphatic heterocycles. The van der Waals surface area contributed by atoms with Crippen molar-refractivity contribution >= 4 is 39.2 Å². The second-order valence-electron chi connectivity index (χ2n) is 8.97. The fourth-order valence-corrected chi connectivity index (χ4v) is 4.62. The highest BCUT2D eigenvalue weighted by molar-refractivity contribution is 7.88. The lowest BCUT2D eigenvalue weighted by molar-refractivity contribution is -0.889. The number of anilines is 2. The van der Waals surface area contributed by atoms with Crippen LogP contribution < -0.4 is 21.5 Å². The Hall–Kier alpha value is -2.47. The van der Waals surface area contributed by atoms with Gasteiger partial charge in [0.05, 0.1) is 39.5 Å². The molecule has 0 bridgehead atoms. The van der Waals surface area contributed by atoms with Gasteiger partial charge in [0.25, 0.3) is 5.91 Å². The molecule has 0 spiro atoms. The van der Waals surface area contributed by atoms with Crippen LogP contribution >= 0.6 is 11.6 Å². The van der Waals surface area contributed by atoms with E-state index in [1.165, 1.54) is 0 Å². The van der Waals surface area contributed by atoms with E-state index in [4.69, 9.17) is 23.1 Å². The molecule has 0 saturated carbocycles. The zero-order valence-electron chi connectivity index (χ0n) is 20.0. The Morgan fingerprint density at radius 2 is 1.68 bits per heavy atom. The quantitative estimate of drug-likeness (QED) is 0.235. The number of aromatic nitrogens is 2. The predicted octanol–water partition coefficient (Wildman–Crippen LogP) is 1.70. The molecule has 1 aromatic heterocycles. The number of unbranched alkanes of at least 4 members (excludes halogenated alkanes) is 2. The lowest BCUT2D eigenvalue weighted by atomic mass is 10.2. The van der Waals surface area contributed by atoms with Crippen LogP contribution in [-0.4, -0.2) is 69.1 Å². The standard InChI is InChI=1S/C22H34ClN7O3S/c1-16-7-9-17(10-8-16)15-34(32,33)27-11-5-4-6-13-30(2,3)14-12-26-22(31)18-20(24)29-21(25)19(23)28-18/h7-10,27H,4-6,11-15H2,1-3H3,(H4-,24,25,26,29,31)/p+1. The first kappa shape index (κ1) is 27.8. The van der Waals surface area contributed by atoms with Gasteiger partial charge >= 0.3 is 0 Å². The Bertz CT molecular complexity index is 1080. The Balaban J connectivity index is 1.64. The number of hydrogen-bond donors (Lipinski definition) is 4. The summed E-state index contributed by atoms with van der Waals surface area (Å²) in [6.07, 6.45) is 2.60. The number of aryl methyl sites for hydroxylation is 1. The minimum Gasteiger partial charge on any atom is -0.382 e. The second kappa shape index (κ2) is 12.3. The molecule has 10 nitrogen and oxygen atoms in total. The molecular formula is C22H35ClN7O3S+. The van der Waals surface area contributed by atoms with Crippen molar-refractivity contribution in [3.8, 4) is 0 Å². The van der Waals surface area contributed by atoms with Gasteiger partial charge < -0.3 is 21.3 Å². The summed E-state index contributed by atoms with van der Waals surface area (Å²) in [5.41, 5.74) is 13.1. The van der Waals surface area contributed by atoms with E-state index in [9.17, 15) is 13.2 Å². The lowest BCUT2D eigenvalue weighted by Crippen LogP contribution is -2.46. The van der Waals surface area contributed by atoms with Crippen molar-refractivity contribution in [1.82, 2.24) is 20.0 Å². The number of nitrogens with one attached hydrogen (secondary N) is 2. The fraction of sp³-hybridized carbons (Fsp3) is 0.500. The number of hydrogen-bond acceptors (Lipinski definition) is 7. The molecule has 0 atom stereocenters. The molecule has 2 aromatic rings. The van der Waals surface area contributed by atoms with Crippen LogP contribution in [0, 0.1) is 6.92 Å². The molecular weight excluding hydrogens is 478 g/mol. The highest BCUT2D eigenvalue weighted by atomic mass is 35.5. The number of sulfonamides is 1. The van der Waals surface area contributed by atoms with E-state index < -0.39 is 15.9 Å². The summed E-state index contributed by atoms with van der Waals surface area (Å²) < 4.78 is 27.8. The number of quaternary nitrogens is 1. The van der Waals surface area contributed by atoms with Crippen molar-refractivity contribution in [1.29, 1.82) is 0 Å². The summed E-state index contributed by atoms with van der Waals surface area (Å²) in [6.45, 7) is 4.40. The third-order valence-electron chi connectivity index (χ3n) is 5.36. The average Bonchev–Trinajstić information content (AvgIpc) is 2.74. The van der Waals surface area contributed by atoms with Crippen molar-refractivity contribution in [2.24, 2.45) is 0 Å². The SMILES string of the molecule is Cc1ccc(CS(=O)(=O)NCCCCC[N+](C)(C)CCNC(=O)c2nc(Cl)c(N)nc2N)cc1. The molecule has 0 aliphatic carbocycles. The van der Waals surface area contributed by atoms with Gasteiger partial charge in [-0.1, -0.05) is 41.4 Å². The van der Waals surface area contributed by atoms with E-state index in [-0.39, 0.29) is 28.2 Å². The molecule has 0 fully saturated rings. The van der Waals surface area contributed by atoms with E-state index in [2.05, 4.69) is 34.1 Å². The number of nitrogens with zero attached hydrogens (tertiary/aromatic N) is 3. The van der Waals surface area contributed by atoms with Gasteiger partial charge in [0.1, 0.15) is 0 Å². The van der Waals surface area contributed by atoms with Crippen molar-refractivity contribution in [3.63, 3.8) is 0 Å². The van der Waals surface area contributed by atoms with Crippen LogP contribution in [-0.2, 0) is 15.8 Å². The average molecular weight is 513 g/mol. The van der Waals surface area contributed by atoms with Crippen molar-refractivity contribution in [2.75, 3.05) is 51.7 Å². The molecule has 1 amide bonds. The maximum absolute atomic E-state index is 12.3. The van der Waals surface area contributed by atoms with Crippen LogP contribution in [0.25, 0.3) is 0 Å². The zero-order valence-corrected chi connectivity index (χ0v) is 21.5. The number of nitrogens with two attached hydrogens (primary N) is 2. The first-order chi connectivity index (χ1) is 15.9. The fourth-order valence-electron chi connectivity index (χ4n) is 3.30. The molecule has 2 rings (SSSR count). The van der Waals surface area contributed by atoms with E-state index in [1.54, 1.807) is 0 Å². The summed E-state index contributed by atoms with van der Waals surface area (Å²) in [5, 5.41) is 2.72. The van der Waals surface area contributed by atoms with Crippen molar-refractivity contribution < 1.29 is 17.7 Å². The number of benzene rings is 1. The minimum absolute atomic E-state index is 0.0112. The maximum atomic E-state index is 12.3. The second-order valence-corrected chi connectivity index (χ2v) is 11.1. The molecule has 0 saturated heterocycles. The summed E-state index contributed by atoms with van der Waals surface area (Å²) in [6, 6.07) is 7.50. The van der Waals surface area contributed by atoms with Crippen molar-refractivity contribution in [2.45, 2.75) is 31.9 Å². The van der Waals surface area contributed by atoms with Crippen LogP contribution in [0.15, 0.2) is 24.3 Å². The number of likely N-dealkylation sites (N-methyl/N-ethyl adjacent to an activating group) is 1.